The van der Waals surface area contributed by atoms with Gasteiger partial charge in [-0.15, -0.1) is 21.5 Å². The van der Waals surface area contributed by atoms with Crippen LogP contribution in [0.25, 0.3) is 32.6 Å². The quantitative estimate of drug-likeness (QED) is 0.450. The van der Waals surface area contributed by atoms with Gasteiger partial charge in [-0.05, 0) is 23.6 Å². The average molecular weight is 362 g/mol. The zero-order valence-electron chi connectivity index (χ0n) is 14.4. The van der Waals surface area contributed by atoms with Gasteiger partial charge in [0.05, 0.1) is 11.3 Å². The molecule has 0 spiro atoms. The lowest BCUT2D eigenvalue weighted by Crippen LogP contribution is -2.05. The molecule has 0 aliphatic carbocycles. The molecule has 2 aromatic heterocycles. The third-order valence-electron chi connectivity index (χ3n) is 4.12. The molecule has 130 valence electrons. The summed E-state index contributed by atoms with van der Waals surface area (Å²) in [6, 6.07) is 20.2. The van der Waals surface area contributed by atoms with E-state index in [1.807, 2.05) is 42.5 Å². The fourth-order valence-corrected chi connectivity index (χ4v) is 3.78. The Balaban J connectivity index is 1.81. The van der Waals surface area contributed by atoms with Crippen molar-refractivity contribution in [1.82, 2.24) is 10.2 Å². The van der Waals surface area contributed by atoms with E-state index in [2.05, 4.69) is 33.8 Å². The summed E-state index contributed by atoms with van der Waals surface area (Å²) < 4.78 is 12.1. The van der Waals surface area contributed by atoms with Gasteiger partial charge in [0, 0.05) is 23.6 Å². The summed E-state index contributed by atoms with van der Waals surface area (Å²) in [6.07, 6.45) is 0. The highest BCUT2D eigenvalue weighted by molar-refractivity contribution is 7.17. The van der Waals surface area contributed by atoms with Crippen molar-refractivity contribution in [3.63, 3.8) is 0 Å². The van der Waals surface area contributed by atoms with E-state index in [4.69, 9.17) is 9.47 Å². The van der Waals surface area contributed by atoms with E-state index in [9.17, 15) is 0 Å². The SMILES string of the molecule is COCCOc1ccccc1-c1nnc(-c2ccccc2)c2ccsc12. The van der Waals surface area contributed by atoms with Gasteiger partial charge in [-0.25, -0.2) is 0 Å². The lowest BCUT2D eigenvalue weighted by Gasteiger charge is -2.12. The molecule has 4 aromatic rings. The monoisotopic (exact) mass is 362 g/mol. The molecule has 26 heavy (non-hydrogen) atoms. The molecule has 0 fully saturated rings. The normalized spacial score (nSPS) is 11.0. The second-order valence-corrected chi connectivity index (χ2v) is 6.68. The van der Waals surface area contributed by atoms with Crippen LogP contribution in [-0.4, -0.2) is 30.5 Å². The Morgan fingerprint density at radius 3 is 2.46 bits per heavy atom. The molecule has 0 aliphatic heterocycles. The van der Waals surface area contributed by atoms with Gasteiger partial charge < -0.3 is 9.47 Å². The minimum Gasteiger partial charge on any atom is -0.490 e. The topological polar surface area (TPSA) is 44.2 Å². The molecule has 0 saturated heterocycles. The van der Waals surface area contributed by atoms with E-state index < -0.39 is 0 Å². The van der Waals surface area contributed by atoms with Crippen LogP contribution in [0.4, 0.5) is 0 Å². The van der Waals surface area contributed by atoms with Crippen LogP contribution >= 0.6 is 11.3 Å². The first-order valence-electron chi connectivity index (χ1n) is 8.39. The van der Waals surface area contributed by atoms with Gasteiger partial charge in [-0.2, -0.15) is 0 Å². The summed E-state index contributed by atoms with van der Waals surface area (Å²) in [6.45, 7) is 1.04. The van der Waals surface area contributed by atoms with Crippen molar-refractivity contribution < 1.29 is 9.47 Å². The third-order valence-corrected chi connectivity index (χ3v) is 5.04. The van der Waals surface area contributed by atoms with Crippen LogP contribution in [0.3, 0.4) is 0 Å². The van der Waals surface area contributed by atoms with E-state index in [0.717, 1.165) is 38.4 Å². The molecule has 5 heteroatoms. The predicted octanol–water partition coefficient (Wildman–Crippen LogP) is 5.05. The number of fused-ring (bicyclic) bond motifs is 1. The first kappa shape index (κ1) is 16.7. The minimum absolute atomic E-state index is 0.497. The van der Waals surface area contributed by atoms with E-state index in [-0.39, 0.29) is 0 Å². The maximum Gasteiger partial charge on any atom is 0.128 e. The van der Waals surface area contributed by atoms with Crippen LogP contribution in [0.2, 0.25) is 0 Å². The summed E-state index contributed by atoms with van der Waals surface area (Å²) >= 11 is 1.67. The molecule has 0 unspecified atom stereocenters. The van der Waals surface area contributed by atoms with Crippen molar-refractivity contribution in [3.05, 3.63) is 66.0 Å². The number of hydrogen-bond donors (Lipinski definition) is 0. The Bertz CT molecular complexity index is 1010. The number of ether oxygens (including phenoxy) is 2. The Morgan fingerprint density at radius 1 is 0.846 bits per heavy atom. The molecule has 0 saturated carbocycles. The Hall–Kier alpha value is -2.76. The van der Waals surface area contributed by atoms with Crippen molar-refractivity contribution in [3.8, 4) is 28.3 Å². The molecule has 0 amide bonds. The van der Waals surface area contributed by atoms with Crippen LogP contribution in [0, 0.1) is 0 Å². The van der Waals surface area contributed by atoms with Crippen molar-refractivity contribution in [2.24, 2.45) is 0 Å². The van der Waals surface area contributed by atoms with Gasteiger partial charge in [-0.1, -0.05) is 42.5 Å². The second-order valence-electron chi connectivity index (χ2n) is 5.76. The first-order valence-corrected chi connectivity index (χ1v) is 9.27. The summed E-state index contributed by atoms with van der Waals surface area (Å²) in [7, 11) is 1.66. The smallest absolute Gasteiger partial charge is 0.128 e. The van der Waals surface area contributed by atoms with Crippen LogP contribution in [0.5, 0.6) is 5.75 Å². The van der Waals surface area contributed by atoms with Gasteiger partial charge >= 0.3 is 0 Å². The van der Waals surface area contributed by atoms with Crippen molar-refractivity contribution in [2.75, 3.05) is 20.3 Å². The lowest BCUT2D eigenvalue weighted by atomic mass is 10.1. The highest BCUT2D eigenvalue weighted by Crippen LogP contribution is 2.38. The van der Waals surface area contributed by atoms with Crippen LogP contribution in [-0.2, 0) is 4.74 Å². The Kier molecular flexibility index (Phi) is 4.91. The molecule has 0 aliphatic rings. The number of nitrogens with zero attached hydrogens (tertiary/aromatic N) is 2. The zero-order valence-corrected chi connectivity index (χ0v) is 15.2. The second kappa shape index (κ2) is 7.64. The molecule has 0 N–H and O–H groups in total. The maximum atomic E-state index is 5.88. The Labute approximate surface area is 156 Å². The standard InChI is InChI=1S/C21H18N2O2S/c1-24-12-13-25-18-10-6-5-9-16(18)20-21-17(11-14-26-21)19(22-23-20)15-7-3-2-4-8-15/h2-11,14H,12-13H2,1H3. The van der Waals surface area contributed by atoms with Crippen LogP contribution in [0.1, 0.15) is 0 Å². The van der Waals surface area contributed by atoms with Crippen LogP contribution in [0.15, 0.2) is 66.0 Å². The van der Waals surface area contributed by atoms with E-state index in [1.54, 1.807) is 18.4 Å². The predicted molar refractivity (Wildman–Crippen MR) is 106 cm³/mol. The van der Waals surface area contributed by atoms with Crippen molar-refractivity contribution in [2.45, 2.75) is 0 Å². The molecule has 4 nitrogen and oxygen atoms in total. The number of methoxy groups -OCH3 is 1. The molecular formula is C21H18N2O2S. The number of thiophene rings is 1. The zero-order chi connectivity index (χ0) is 17.8. The summed E-state index contributed by atoms with van der Waals surface area (Å²) in [5, 5.41) is 12.3. The lowest BCUT2D eigenvalue weighted by molar-refractivity contribution is 0.146. The molecular weight excluding hydrogens is 344 g/mol. The minimum atomic E-state index is 0.497. The fourth-order valence-electron chi connectivity index (χ4n) is 2.89. The molecule has 2 aromatic carbocycles. The van der Waals surface area contributed by atoms with Gasteiger partial charge in [0.25, 0.3) is 0 Å². The maximum absolute atomic E-state index is 5.88. The largest absolute Gasteiger partial charge is 0.490 e. The van der Waals surface area contributed by atoms with Gasteiger partial charge in [0.15, 0.2) is 0 Å². The van der Waals surface area contributed by atoms with Gasteiger partial charge in [-0.3, -0.25) is 0 Å². The average Bonchev–Trinajstić information content (AvgIpc) is 3.19. The molecule has 0 bridgehead atoms. The highest BCUT2D eigenvalue weighted by Gasteiger charge is 2.16. The number of hydrogen-bond acceptors (Lipinski definition) is 5. The molecule has 4 rings (SSSR count). The highest BCUT2D eigenvalue weighted by atomic mass is 32.1. The van der Waals surface area contributed by atoms with E-state index in [1.165, 1.54) is 0 Å². The summed E-state index contributed by atoms with van der Waals surface area (Å²) in [5.74, 6) is 0.793. The van der Waals surface area contributed by atoms with E-state index in [0.29, 0.717) is 13.2 Å². The summed E-state index contributed by atoms with van der Waals surface area (Å²) in [4.78, 5) is 0. The fraction of sp³-hybridized carbons (Fsp3) is 0.143. The summed E-state index contributed by atoms with van der Waals surface area (Å²) in [5.41, 5.74) is 3.77. The number of para-hydroxylation sites is 1. The number of benzene rings is 2. The number of aromatic nitrogens is 2. The Morgan fingerprint density at radius 2 is 1.62 bits per heavy atom. The number of rotatable bonds is 6. The third kappa shape index (κ3) is 3.19. The molecule has 2 heterocycles. The molecule has 0 atom stereocenters. The van der Waals surface area contributed by atoms with Gasteiger partial charge in [0.2, 0.25) is 0 Å². The van der Waals surface area contributed by atoms with Crippen molar-refractivity contribution in [1.29, 1.82) is 0 Å². The van der Waals surface area contributed by atoms with Gasteiger partial charge in [0.1, 0.15) is 23.7 Å². The van der Waals surface area contributed by atoms with E-state index >= 15 is 0 Å². The first-order chi connectivity index (χ1) is 12.9. The molecule has 0 radical (unpaired) electrons. The van der Waals surface area contributed by atoms with Crippen molar-refractivity contribution >= 4 is 21.4 Å². The van der Waals surface area contributed by atoms with Crippen LogP contribution < -0.4 is 4.74 Å².